The van der Waals surface area contributed by atoms with Crippen LogP contribution < -0.4 is 10.2 Å². The van der Waals surface area contributed by atoms with Crippen molar-refractivity contribution in [3.05, 3.63) is 70.2 Å². The minimum absolute atomic E-state index is 0.0313. The summed E-state index contributed by atoms with van der Waals surface area (Å²) in [5.74, 6) is -0.146. The summed E-state index contributed by atoms with van der Waals surface area (Å²) in [5, 5.41) is 4.06. The van der Waals surface area contributed by atoms with Gasteiger partial charge < -0.3 is 4.74 Å². The van der Waals surface area contributed by atoms with Gasteiger partial charge in [0.2, 0.25) is 5.91 Å². The summed E-state index contributed by atoms with van der Waals surface area (Å²) in [6.07, 6.45) is 9.76. The van der Waals surface area contributed by atoms with Crippen molar-refractivity contribution in [3.8, 4) is 5.75 Å². The number of benzene rings is 2. The van der Waals surface area contributed by atoms with Crippen molar-refractivity contribution in [2.45, 2.75) is 32.1 Å². The maximum Gasteiger partial charge on any atom is 0.336 e. The molecular formula is C23H23BrN2O3. The zero-order valence-corrected chi connectivity index (χ0v) is 17.6. The number of ether oxygens (including phenoxy) is 1. The van der Waals surface area contributed by atoms with E-state index < -0.39 is 5.97 Å². The average molecular weight is 455 g/mol. The molecule has 1 saturated carbocycles. The first-order valence-corrected chi connectivity index (χ1v) is 10.5. The number of nitrogens with one attached hydrogen (secondary N) is 1. The molecule has 1 aliphatic carbocycles. The lowest BCUT2D eigenvalue weighted by Gasteiger charge is -2.19. The third-order valence-electron chi connectivity index (χ3n) is 4.75. The summed E-state index contributed by atoms with van der Waals surface area (Å²) >= 11 is 3.40. The highest BCUT2D eigenvalue weighted by Gasteiger charge is 2.20. The Labute approximate surface area is 179 Å². The standard InChI is InChI=1S/C23H23BrN2O3/c24-20-12-13-21(29-22(27)14-11-17-7-3-1-4-8-17)19(15-20)16-25-26-23(28)18-9-5-2-6-10-18/h1,3-4,7-8,11-16,18H,2,5-6,9-10H2,(H,26,28)/b14-11+,25-16+. The number of esters is 1. The molecule has 1 aliphatic rings. The Bertz CT molecular complexity index is 904. The lowest BCUT2D eigenvalue weighted by Crippen LogP contribution is -2.28. The molecule has 0 heterocycles. The number of amides is 1. The van der Waals surface area contributed by atoms with Gasteiger partial charge in [0.05, 0.1) is 6.21 Å². The smallest absolute Gasteiger partial charge is 0.336 e. The Morgan fingerprint density at radius 3 is 2.59 bits per heavy atom. The molecule has 150 valence electrons. The van der Waals surface area contributed by atoms with Crippen LogP contribution in [0.15, 0.2) is 64.2 Å². The fourth-order valence-electron chi connectivity index (χ4n) is 3.21. The largest absolute Gasteiger partial charge is 0.423 e. The molecule has 0 bridgehead atoms. The number of halogens is 1. The molecule has 29 heavy (non-hydrogen) atoms. The second kappa shape index (κ2) is 10.7. The Balaban J connectivity index is 1.63. The zero-order valence-electron chi connectivity index (χ0n) is 16.0. The number of hydrogen-bond donors (Lipinski definition) is 1. The topological polar surface area (TPSA) is 67.8 Å². The van der Waals surface area contributed by atoms with Crippen LogP contribution in [-0.4, -0.2) is 18.1 Å². The van der Waals surface area contributed by atoms with Crippen LogP contribution in [0.1, 0.15) is 43.2 Å². The minimum atomic E-state index is -0.489. The molecule has 0 radical (unpaired) electrons. The second-order valence-corrected chi connectivity index (χ2v) is 7.83. The van der Waals surface area contributed by atoms with E-state index in [-0.39, 0.29) is 11.8 Å². The zero-order chi connectivity index (χ0) is 20.5. The predicted molar refractivity (Wildman–Crippen MR) is 118 cm³/mol. The van der Waals surface area contributed by atoms with E-state index in [1.165, 1.54) is 18.7 Å². The molecule has 0 saturated heterocycles. The van der Waals surface area contributed by atoms with Crippen molar-refractivity contribution >= 4 is 40.1 Å². The Kier molecular flexibility index (Phi) is 7.76. The van der Waals surface area contributed by atoms with Gasteiger partial charge >= 0.3 is 5.97 Å². The molecule has 1 fully saturated rings. The van der Waals surface area contributed by atoms with E-state index in [1.54, 1.807) is 24.3 Å². The van der Waals surface area contributed by atoms with Crippen molar-refractivity contribution in [2.75, 3.05) is 0 Å². The van der Waals surface area contributed by atoms with E-state index >= 15 is 0 Å². The number of carbonyl (C=O) groups is 2. The third-order valence-corrected chi connectivity index (χ3v) is 5.24. The summed E-state index contributed by atoms with van der Waals surface area (Å²) in [6, 6.07) is 14.7. The molecule has 3 rings (SSSR count). The molecule has 6 heteroatoms. The van der Waals surface area contributed by atoms with Gasteiger partial charge in [0.1, 0.15) is 5.75 Å². The average Bonchev–Trinajstić information content (AvgIpc) is 2.75. The first-order valence-electron chi connectivity index (χ1n) is 9.69. The first kappa shape index (κ1) is 21.0. The van der Waals surface area contributed by atoms with Gasteiger partial charge in [0.25, 0.3) is 0 Å². The van der Waals surface area contributed by atoms with E-state index in [0.29, 0.717) is 11.3 Å². The summed E-state index contributed by atoms with van der Waals surface area (Å²) in [4.78, 5) is 24.4. The van der Waals surface area contributed by atoms with E-state index in [4.69, 9.17) is 4.74 Å². The summed E-state index contributed by atoms with van der Waals surface area (Å²) in [7, 11) is 0. The fourth-order valence-corrected chi connectivity index (χ4v) is 3.58. The summed E-state index contributed by atoms with van der Waals surface area (Å²) in [6.45, 7) is 0. The highest BCUT2D eigenvalue weighted by atomic mass is 79.9. The highest BCUT2D eigenvalue weighted by molar-refractivity contribution is 9.10. The molecule has 0 aromatic heterocycles. The van der Waals surface area contributed by atoms with Gasteiger partial charge in [-0.25, -0.2) is 10.2 Å². The van der Waals surface area contributed by atoms with Crippen molar-refractivity contribution in [1.82, 2.24) is 5.43 Å². The highest BCUT2D eigenvalue weighted by Crippen LogP contribution is 2.24. The van der Waals surface area contributed by atoms with Crippen molar-refractivity contribution in [3.63, 3.8) is 0 Å². The molecule has 2 aromatic rings. The normalized spacial score (nSPS) is 14.9. The lowest BCUT2D eigenvalue weighted by atomic mass is 9.89. The van der Waals surface area contributed by atoms with E-state index in [2.05, 4.69) is 26.5 Å². The fraction of sp³-hybridized carbons (Fsp3) is 0.261. The number of rotatable bonds is 6. The quantitative estimate of drug-likeness (QED) is 0.217. The van der Waals surface area contributed by atoms with Crippen LogP contribution in [0.3, 0.4) is 0 Å². The van der Waals surface area contributed by atoms with Gasteiger partial charge in [-0.3, -0.25) is 4.79 Å². The van der Waals surface area contributed by atoms with Crippen LogP contribution in [0.2, 0.25) is 0 Å². The van der Waals surface area contributed by atoms with Gasteiger partial charge in [-0.05, 0) is 42.7 Å². The number of hydrazone groups is 1. The van der Waals surface area contributed by atoms with E-state index in [1.807, 2.05) is 30.3 Å². The molecule has 0 spiro atoms. The molecule has 0 atom stereocenters. The van der Waals surface area contributed by atoms with Gasteiger partial charge in [0, 0.05) is 22.0 Å². The second-order valence-electron chi connectivity index (χ2n) is 6.92. The molecule has 0 aliphatic heterocycles. The van der Waals surface area contributed by atoms with Gasteiger partial charge in [-0.1, -0.05) is 65.5 Å². The van der Waals surface area contributed by atoms with Crippen molar-refractivity contribution in [2.24, 2.45) is 11.0 Å². The molecular weight excluding hydrogens is 432 g/mol. The first-order chi connectivity index (χ1) is 14.1. The Hall–Kier alpha value is -2.73. The number of carbonyl (C=O) groups excluding carboxylic acids is 2. The predicted octanol–water partition coefficient (Wildman–Crippen LogP) is 5.10. The lowest BCUT2D eigenvalue weighted by molar-refractivity contribution is -0.129. The SMILES string of the molecule is O=C(/C=C/c1ccccc1)Oc1ccc(Br)cc1/C=N/NC(=O)C1CCCCC1. The van der Waals surface area contributed by atoms with Crippen LogP contribution in [-0.2, 0) is 9.59 Å². The summed E-state index contributed by atoms with van der Waals surface area (Å²) in [5.41, 5.74) is 4.11. The van der Waals surface area contributed by atoms with Crippen LogP contribution in [0.5, 0.6) is 5.75 Å². The summed E-state index contributed by atoms with van der Waals surface area (Å²) < 4.78 is 6.26. The number of hydrogen-bond acceptors (Lipinski definition) is 4. The maximum atomic E-state index is 12.2. The van der Waals surface area contributed by atoms with Gasteiger partial charge in [-0.2, -0.15) is 5.10 Å². The maximum absolute atomic E-state index is 12.2. The van der Waals surface area contributed by atoms with Crippen molar-refractivity contribution in [1.29, 1.82) is 0 Å². The van der Waals surface area contributed by atoms with Gasteiger partial charge in [0.15, 0.2) is 0 Å². The minimum Gasteiger partial charge on any atom is -0.423 e. The van der Waals surface area contributed by atoms with E-state index in [0.717, 1.165) is 35.7 Å². The third kappa shape index (κ3) is 6.68. The van der Waals surface area contributed by atoms with Crippen LogP contribution in [0.25, 0.3) is 6.08 Å². The van der Waals surface area contributed by atoms with Crippen molar-refractivity contribution < 1.29 is 14.3 Å². The number of nitrogens with zero attached hydrogens (tertiary/aromatic N) is 1. The molecule has 0 unspecified atom stereocenters. The Morgan fingerprint density at radius 1 is 1.07 bits per heavy atom. The van der Waals surface area contributed by atoms with Gasteiger partial charge in [-0.15, -0.1) is 0 Å². The Morgan fingerprint density at radius 2 is 1.83 bits per heavy atom. The molecule has 2 aromatic carbocycles. The van der Waals surface area contributed by atoms with Crippen LogP contribution in [0.4, 0.5) is 0 Å². The van der Waals surface area contributed by atoms with Crippen LogP contribution in [0, 0.1) is 5.92 Å². The van der Waals surface area contributed by atoms with E-state index in [9.17, 15) is 9.59 Å². The van der Waals surface area contributed by atoms with Crippen LogP contribution >= 0.6 is 15.9 Å². The molecule has 1 N–H and O–H groups in total. The monoisotopic (exact) mass is 454 g/mol. The molecule has 1 amide bonds. The molecule has 5 nitrogen and oxygen atoms in total.